The predicted molar refractivity (Wildman–Crippen MR) is 89.8 cm³/mol. The Hall–Kier alpha value is 0.140. The van der Waals surface area contributed by atoms with E-state index in [1.807, 2.05) is 0 Å². The van der Waals surface area contributed by atoms with Gasteiger partial charge >= 0.3 is 0 Å². The second kappa shape index (κ2) is 9.15. The smallest absolute Gasteiger partial charge is 0.0717 e. The van der Waals surface area contributed by atoms with Crippen LogP contribution in [0.5, 0.6) is 0 Å². The summed E-state index contributed by atoms with van der Waals surface area (Å²) in [5, 5.41) is 1.03. The van der Waals surface area contributed by atoms with Gasteiger partial charge in [-0.05, 0) is 30.5 Å². The summed E-state index contributed by atoms with van der Waals surface area (Å²) < 4.78 is 7.09. The number of ether oxygens (including phenoxy) is 1. The van der Waals surface area contributed by atoms with Crippen LogP contribution in [0.25, 0.3) is 0 Å². The first-order chi connectivity index (χ1) is 9.15. The Morgan fingerprint density at radius 2 is 1.63 bits per heavy atom. The topological polar surface area (TPSA) is 9.23 Å². The quantitative estimate of drug-likeness (QED) is 0.472. The number of hydrogen-bond acceptors (Lipinski definition) is 1. The molecule has 108 valence electrons. The highest BCUT2D eigenvalue weighted by molar-refractivity contribution is 9.10. The maximum Gasteiger partial charge on any atom is 0.0717 e. The van der Waals surface area contributed by atoms with E-state index in [0.29, 0.717) is 12.0 Å². The van der Waals surface area contributed by atoms with Gasteiger partial charge in [-0.15, -0.1) is 0 Å². The first-order valence-corrected chi connectivity index (χ1v) is 8.95. The molecule has 0 spiro atoms. The van der Waals surface area contributed by atoms with Crippen molar-refractivity contribution in [2.24, 2.45) is 5.41 Å². The van der Waals surface area contributed by atoms with Crippen molar-refractivity contribution in [1.29, 1.82) is 0 Å². The summed E-state index contributed by atoms with van der Waals surface area (Å²) in [5.74, 6) is 0. The molecule has 0 aromatic heterocycles. The van der Waals surface area contributed by atoms with Crippen LogP contribution in [-0.4, -0.2) is 11.9 Å². The SMILES string of the molecule is CCCC(CBr)(CCC)COCc1ccc(Br)cc1. The summed E-state index contributed by atoms with van der Waals surface area (Å²) in [5.41, 5.74) is 1.54. The molecule has 0 N–H and O–H groups in total. The van der Waals surface area contributed by atoms with Crippen LogP contribution in [0, 0.1) is 5.41 Å². The molecule has 0 saturated carbocycles. The zero-order valence-corrected chi connectivity index (χ0v) is 15.1. The molecule has 3 heteroatoms. The van der Waals surface area contributed by atoms with Crippen LogP contribution in [0.4, 0.5) is 0 Å². The van der Waals surface area contributed by atoms with Crippen molar-refractivity contribution in [3.63, 3.8) is 0 Å². The molecule has 0 amide bonds. The molecule has 1 rings (SSSR count). The maximum absolute atomic E-state index is 5.98. The Kier molecular flexibility index (Phi) is 8.27. The van der Waals surface area contributed by atoms with E-state index in [4.69, 9.17) is 4.74 Å². The van der Waals surface area contributed by atoms with Gasteiger partial charge in [0.2, 0.25) is 0 Å². The lowest BCUT2D eigenvalue weighted by Crippen LogP contribution is -2.28. The minimum atomic E-state index is 0.304. The molecule has 1 nitrogen and oxygen atoms in total. The van der Waals surface area contributed by atoms with E-state index >= 15 is 0 Å². The number of hydrogen-bond donors (Lipinski definition) is 0. The standard InChI is InChI=1S/C16H24Br2O/c1-3-9-16(12-17,10-4-2)13-19-11-14-5-7-15(18)8-6-14/h5-8H,3-4,9-13H2,1-2H3. The van der Waals surface area contributed by atoms with E-state index < -0.39 is 0 Å². The second-order valence-electron chi connectivity index (χ2n) is 5.25. The molecule has 0 aliphatic rings. The predicted octanol–water partition coefficient (Wildman–Crippen LogP) is 5.95. The normalized spacial score (nSPS) is 11.8. The lowest BCUT2D eigenvalue weighted by atomic mass is 9.82. The van der Waals surface area contributed by atoms with Gasteiger partial charge in [-0.25, -0.2) is 0 Å². The Morgan fingerprint density at radius 1 is 1.05 bits per heavy atom. The minimum absolute atomic E-state index is 0.304. The number of halogens is 2. The third kappa shape index (κ3) is 5.97. The van der Waals surface area contributed by atoms with Gasteiger partial charge in [-0.1, -0.05) is 70.7 Å². The van der Waals surface area contributed by atoms with Crippen molar-refractivity contribution in [3.05, 3.63) is 34.3 Å². The van der Waals surface area contributed by atoms with Crippen LogP contribution in [-0.2, 0) is 11.3 Å². The molecule has 0 aliphatic heterocycles. The molecule has 1 aromatic rings. The molecule has 0 atom stereocenters. The van der Waals surface area contributed by atoms with E-state index in [0.717, 1.165) is 16.4 Å². The van der Waals surface area contributed by atoms with E-state index in [1.54, 1.807) is 0 Å². The van der Waals surface area contributed by atoms with Crippen molar-refractivity contribution in [1.82, 2.24) is 0 Å². The summed E-state index contributed by atoms with van der Waals surface area (Å²) in [6.07, 6.45) is 4.89. The molecule has 0 fully saturated rings. The molecule has 0 bridgehead atoms. The summed E-state index contributed by atoms with van der Waals surface area (Å²) in [6.45, 7) is 6.05. The number of rotatable bonds is 9. The molecule has 19 heavy (non-hydrogen) atoms. The summed E-state index contributed by atoms with van der Waals surface area (Å²) in [4.78, 5) is 0. The van der Waals surface area contributed by atoms with Gasteiger partial charge in [0.1, 0.15) is 0 Å². The maximum atomic E-state index is 5.98. The van der Waals surface area contributed by atoms with E-state index in [-0.39, 0.29) is 0 Å². The van der Waals surface area contributed by atoms with Crippen LogP contribution in [0.3, 0.4) is 0 Å². The average molecular weight is 392 g/mol. The Balaban J connectivity index is 2.49. The largest absolute Gasteiger partial charge is 0.376 e. The monoisotopic (exact) mass is 390 g/mol. The van der Waals surface area contributed by atoms with Crippen molar-refractivity contribution >= 4 is 31.9 Å². The third-order valence-electron chi connectivity index (χ3n) is 3.43. The van der Waals surface area contributed by atoms with Crippen molar-refractivity contribution in [2.75, 3.05) is 11.9 Å². The molecule has 0 heterocycles. The summed E-state index contributed by atoms with van der Waals surface area (Å²) in [7, 11) is 0. The second-order valence-corrected chi connectivity index (χ2v) is 6.73. The van der Waals surface area contributed by atoms with Gasteiger partial charge in [0.15, 0.2) is 0 Å². The van der Waals surface area contributed by atoms with Gasteiger partial charge in [-0.2, -0.15) is 0 Å². The first-order valence-electron chi connectivity index (χ1n) is 7.04. The highest BCUT2D eigenvalue weighted by atomic mass is 79.9. The van der Waals surface area contributed by atoms with Crippen molar-refractivity contribution in [2.45, 2.75) is 46.1 Å². The van der Waals surface area contributed by atoms with Gasteiger partial charge in [-0.3, -0.25) is 0 Å². The number of alkyl halides is 1. The Bertz CT molecular complexity index is 342. The van der Waals surface area contributed by atoms with Gasteiger partial charge in [0, 0.05) is 15.2 Å². The van der Waals surface area contributed by atoms with Gasteiger partial charge in [0.25, 0.3) is 0 Å². The zero-order valence-electron chi connectivity index (χ0n) is 11.9. The highest BCUT2D eigenvalue weighted by Gasteiger charge is 2.27. The first kappa shape index (κ1) is 17.2. The summed E-state index contributed by atoms with van der Waals surface area (Å²) in [6, 6.07) is 8.35. The lowest BCUT2D eigenvalue weighted by Gasteiger charge is -2.31. The molecular formula is C16H24Br2O. The fraction of sp³-hybridized carbons (Fsp3) is 0.625. The minimum Gasteiger partial charge on any atom is -0.376 e. The lowest BCUT2D eigenvalue weighted by molar-refractivity contribution is 0.0355. The van der Waals surface area contributed by atoms with E-state index in [1.165, 1.54) is 31.2 Å². The van der Waals surface area contributed by atoms with Crippen LogP contribution in [0.1, 0.15) is 45.1 Å². The van der Waals surface area contributed by atoms with Crippen molar-refractivity contribution in [3.8, 4) is 0 Å². The van der Waals surface area contributed by atoms with Crippen LogP contribution >= 0.6 is 31.9 Å². The molecule has 0 saturated heterocycles. The zero-order chi connectivity index (χ0) is 14.1. The van der Waals surface area contributed by atoms with Crippen molar-refractivity contribution < 1.29 is 4.74 Å². The van der Waals surface area contributed by atoms with Crippen LogP contribution in [0.2, 0.25) is 0 Å². The van der Waals surface area contributed by atoms with Gasteiger partial charge < -0.3 is 4.74 Å². The fourth-order valence-electron chi connectivity index (χ4n) is 2.47. The molecule has 0 aliphatic carbocycles. The van der Waals surface area contributed by atoms with Gasteiger partial charge in [0.05, 0.1) is 13.2 Å². The molecule has 0 radical (unpaired) electrons. The van der Waals surface area contributed by atoms with E-state index in [2.05, 4.69) is 70.0 Å². The molecular weight excluding hydrogens is 368 g/mol. The van der Waals surface area contributed by atoms with Crippen LogP contribution in [0.15, 0.2) is 28.7 Å². The Labute approximate surface area is 134 Å². The molecule has 1 aromatic carbocycles. The fourth-order valence-corrected chi connectivity index (χ4v) is 3.46. The Morgan fingerprint density at radius 3 is 2.11 bits per heavy atom. The third-order valence-corrected chi connectivity index (χ3v) is 5.15. The summed E-state index contributed by atoms with van der Waals surface area (Å²) >= 11 is 7.14. The van der Waals surface area contributed by atoms with Crippen LogP contribution < -0.4 is 0 Å². The average Bonchev–Trinajstić information content (AvgIpc) is 2.41. The highest BCUT2D eigenvalue weighted by Crippen LogP contribution is 2.32. The molecule has 0 unspecified atom stereocenters. The number of benzene rings is 1. The van der Waals surface area contributed by atoms with E-state index in [9.17, 15) is 0 Å².